The number of aliphatic hydroxyl groups is 1. The number of nitrogens with one attached hydrogen (secondary N) is 1. The number of aliphatic hydroxyl groups excluding tert-OH is 1. The highest BCUT2D eigenvalue weighted by Crippen LogP contribution is 2.29. The maximum Gasteiger partial charge on any atom is 0.323 e. The number of carboxylic acid groups (broad SMARTS) is 1. The van der Waals surface area contributed by atoms with Crippen molar-refractivity contribution in [2.24, 2.45) is 7.05 Å². The number of rotatable bonds is 7. The molecule has 0 aliphatic heterocycles. The van der Waals surface area contributed by atoms with Crippen LogP contribution in [-0.4, -0.2) is 42.4 Å². The van der Waals surface area contributed by atoms with Crippen LogP contribution in [0.3, 0.4) is 0 Å². The van der Waals surface area contributed by atoms with Crippen LogP contribution in [0.1, 0.15) is 37.9 Å². The van der Waals surface area contributed by atoms with Crippen molar-refractivity contribution in [3.63, 3.8) is 0 Å². The Balaban J connectivity index is 2.03. The number of hydrogen-bond acceptors (Lipinski definition) is 5. The van der Waals surface area contributed by atoms with Crippen LogP contribution in [0.5, 0.6) is 0 Å². The smallest absolute Gasteiger partial charge is 0.323 e. The molecule has 0 unspecified atom stereocenters. The Bertz CT molecular complexity index is 1120. The lowest BCUT2D eigenvalue weighted by Gasteiger charge is -2.17. The summed E-state index contributed by atoms with van der Waals surface area (Å²) in [6, 6.07) is 6.77. The second-order valence-electron chi connectivity index (χ2n) is 7.99. The molecule has 1 aromatic carbocycles. The largest absolute Gasteiger partial charge is 0.480 e. The predicted octanol–water partition coefficient (Wildman–Crippen LogP) is 2.21. The van der Waals surface area contributed by atoms with Gasteiger partial charge >= 0.3 is 5.97 Å². The van der Waals surface area contributed by atoms with Gasteiger partial charge in [-0.05, 0) is 51.5 Å². The van der Waals surface area contributed by atoms with Gasteiger partial charge in [0, 0.05) is 37.0 Å². The first-order valence-corrected chi connectivity index (χ1v) is 9.93. The molecule has 3 rings (SSSR count). The number of pyridine rings is 1. The number of hydrogen-bond donors (Lipinski definition) is 3. The number of aromatic nitrogens is 3. The fourth-order valence-electron chi connectivity index (χ4n) is 3.67. The lowest BCUT2D eigenvalue weighted by molar-refractivity contribution is -0.142. The molecule has 2 heterocycles. The van der Waals surface area contributed by atoms with E-state index in [1.165, 1.54) is 6.92 Å². The summed E-state index contributed by atoms with van der Waals surface area (Å²) in [6.45, 7) is 7.68. The standard InChI is InChI=1S/C22H28N4O4/c1-12(2)26-18-7-6-15(10-23-19(14(4)27)22(29)30)9-17(18)24-20(26)16-8-13(3)21(28)25(5)11-16/h6-9,11-12,14,19,23,27H,10H2,1-5H3,(H,29,30)/t14-,19+/m1/s1. The summed E-state index contributed by atoms with van der Waals surface area (Å²) in [4.78, 5) is 28.2. The average molecular weight is 412 g/mol. The molecule has 160 valence electrons. The molecule has 30 heavy (non-hydrogen) atoms. The normalized spacial score (nSPS) is 13.7. The van der Waals surface area contributed by atoms with E-state index in [9.17, 15) is 19.8 Å². The van der Waals surface area contributed by atoms with Crippen molar-refractivity contribution >= 4 is 17.0 Å². The van der Waals surface area contributed by atoms with Gasteiger partial charge in [0.05, 0.1) is 17.1 Å². The summed E-state index contributed by atoms with van der Waals surface area (Å²) in [6.07, 6.45) is 0.781. The molecule has 0 amide bonds. The molecule has 3 N–H and O–H groups in total. The highest BCUT2D eigenvalue weighted by atomic mass is 16.4. The van der Waals surface area contributed by atoms with Crippen LogP contribution in [0.15, 0.2) is 35.3 Å². The van der Waals surface area contributed by atoms with Crippen molar-refractivity contribution in [2.45, 2.75) is 52.4 Å². The highest BCUT2D eigenvalue weighted by Gasteiger charge is 2.22. The number of aliphatic carboxylic acids is 1. The molecule has 0 aliphatic rings. The molecule has 0 saturated heterocycles. The fraction of sp³-hybridized carbons (Fsp3) is 0.409. The average Bonchev–Trinajstić information content (AvgIpc) is 3.04. The minimum atomic E-state index is -1.09. The first kappa shape index (κ1) is 21.7. The topological polar surface area (TPSA) is 109 Å². The molecule has 8 nitrogen and oxygen atoms in total. The second kappa shape index (κ2) is 8.41. The quantitative estimate of drug-likeness (QED) is 0.549. The molecule has 8 heteroatoms. The molecule has 2 atom stereocenters. The number of nitrogens with zero attached hydrogens (tertiary/aromatic N) is 3. The monoisotopic (exact) mass is 412 g/mol. The SMILES string of the molecule is Cc1cc(-c2nc3cc(CN[C@H](C(=O)O)[C@@H](C)O)ccc3n2C(C)C)cn(C)c1=O. The molecular weight excluding hydrogens is 384 g/mol. The summed E-state index contributed by atoms with van der Waals surface area (Å²) >= 11 is 0. The minimum Gasteiger partial charge on any atom is -0.480 e. The van der Waals surface area contributed by atoms with Crippen molar-refractivity contribution in [3.8, 4) is 11.4 Å². The number of carboxylic acids is 1. The number of aryl methyl sites for hydroxylation is 2. The second-order valence-corrected chi connectivity index (χ2v) is 7.99. The Labute approximate surface area is 174 Å². The Hall–Kier alpha value is -2.97. The van der Waals surface area contributed by atoms with Gasteiger partial charge in [-0.1, -0.05) is 6.07 Å². The molecule has 0 radical (unpaired) electrons. The van der Waals surface area contributed by atoms with Gasteiger partial charge in [0.1, 0.15) is 11.9 Å². The van der Waals surface area contributed by atoms with E-state index in [0.29, 0.717) is 12.1 Å². The van der Waals surface area contributed by atoms with Crippen LogP contribution in [0.4, 0.5) is 0 Å². The summed E-state index contributed by atoms with van der Waals surface area (Å²) in [5.74, 6) is -0.321. The number of fused-ring (bicyclic) bond motifs is 1. The minimum absolute atomic E-state index is 0.0367. The van der Waals surface area contributed by atoms with Gasteiger partial charge in [0.25, 0.3) is 5.56 Å². The molecule has 3 aromatic rings. The van der Waals surface area contributed by atoms with Crippen molar-refractivity contribution in [1.29, 1.82) is 0 Å². The van der Waals surface area contributed by atoms with Crippen LogP contribution in [0, 0.1) is 6.92 Å². The summed E-state index contributed by atoms with van der Waals surface area (Å²) in [7, 11) is 1.73. The Morgan fingerprint density at radius 2 is 1.93 bits per heavy atom. The number of benzene rings is 1. The zero-order valence-electron chi connectivity index (χ0n) is 17.9. The molecule has 0 bridgehead atoms. The molecular formula is C22H28N4O4. The van der Waals surface area contributed by atoms with Gasteiger partial charge in [-0.2, -0.15) is 0 Å². The molecule has 0 saturated carbocycles. The highest BCUT2D eigenvalue weighted by molar-refractivity contribution is 5.81. The van der Waals surface area contributed by atoms with Crippen LogP contribution in [0.2, 0.25) is 0 Å². The molecule has 0 spiro atoms. The van der Waals surface area contributed by atoms with E-state index in [0.717, 1.165) is 28.0 Å². The lowest BCUT2D eigenvalue weighted by atomic mass is 10.1. The van der Waals surface area contributed by atoms with Crippen molar-refractivity contribution < 1.29 is 15.0 Å². The van der Waals surface area contributed by atoms with Crippen molar-refractivity contribution in [2.75, 3.05) is 0 Å². The summed E-state index contributed by atoms with van der Waals surface area (Å²) in [5, 5.41) is 21.7. The van der Waals surface area contributed by atoms with Gasteiger partial charge in [-0.25, -0.2) is 4.98 Å². The van der Waals surface area contributed by atoms with E-state index in [1.54, 1.807) is 24.7 Å². The van der Waals surface area contributed by atoms with E-state index in [1.807, 2.05) is 24.3 Å². The fourth-order valence-corrected chi connectivity index (χ4v) is 3.67. The van der Waals surface area contributed by atoms with Crippen LogP contribution in [-0.2, 0) is 18.4 Å². The molecule has 0 fully saturated rings. The zero-order chi connectivity index (χ0) is 22.2. The molecule has 0 aliphatic carbocycles. The zero-order valence-corrected chi connectivity index (χ0v) is 17.9. The third kappa shape index (κ3) is 4.15. The van der Waals surface area contributed by atoms with Crippen LogP contribution >= 0.6 is 0 Å². The number of imidazole rings is 1. The van der Waals surface area contributed by atoms with E-state index < -0.39 is 18.1 Å². The van der Waals surface area contributed by atoms with Gasteiger partial charge < -0.3 is 19.3 Å². The first-order chi connectivity index (χ1) is 14.1. The first-order valence-electron chi connectivity index (χ1n) is 9.93. The summed E-state index contributed by atoms with van der Waals surface area (Å²) < 4.78 is 3.69. The third-order valence-corrected chi connectivity index (χ3v) is 5.17. The van der Waals surface area contributed by atoms with E-state index in [-0.39, 0.29) is 11.6 Å². The van der Waals surface area contributed by atoms with Gasteiger partial charge in [0.2, 0.25) is 0 Å². The van der Waals surface area contributed by atoms with Gasteiger partial charge in [0.15, 0.2) is 0 Å². The Kier molecular flexibility index (Phi) is 6.09. The Morgan fingerprint density at radius 3 is 2.50 bits per heavy atom. The third-order valence-electron chi connectivity index (χ3n) is 5.17. The maximum atomic E-state index is 12.1. The van der Waals surface area contributed by atoms with E-state index >= 15 is 0 Å². The summed E-state index contributed by atoms with van der Waals surface area (Å²) in [5.41, 5.74) is 4.09. The van der Waals surface area contributed by atoms with E-state index in [2.05, 4.69) is 23.7 Å². The van der Waals surface area contributed by atoms with Gasteiger partial charge in [-0.15, -0.1) is 0 Å². The van der Waals surface area contributed by atoms with Gasteiger partial charge in [-0.3, -0.25) is 14.9 Å². The van der Waals surface area contributed by atoms with Crippen LogP contribution < -0.4 is 10.9 Å². The molecule has 2 aromatic heterocycles. The van der Waals surface area contributed by atoms with Crippen molar-refractivity contribution in [1.82, 2.24) is 19.4 Å². The number of carbonyl (C=O) groups is 1. The predicted molar refractivity (Wildman–Crippen MR) is 115 cm³/mol. The van der Waals surface area contributed by atoms with Crippen molar-refractivity contribution in [3.05, 3.63) is 51.9 Å². The lowest BCUT2D eigenvalue weighted by Crippen LogP contribution is -2.44. The van der Waals surface area contributed by atoms with Crippen LogP contribution in [0.25, 0.3) is 22.4 Å². The maximum absolute atomic E-state index is 12.1. The Morgan fingerprint density at radius 1 is 1.23 bits per heavy atom. The van der Waals surface area contributed by atoms with E-state index in [4.69, 9.17) is 4.98 Å².